The largest absolute Gasteiger partial charge is 0.324 e. The van der Waals surface area contributed by atoms with Gasteiger partial charge < -0.3 is 10.2 Å². The number of benzene rings is 3. The predicted octanol–water partition coefficient (Wildman–Crippen LogP) is 5.58. The van der Waals surface area contributed by atoms with Crippen molar-refractivity contribution in [3.05, 3.63) is 90.4 Å². The number of para-hydroxylation sites is 3. The number of amides is 2. The molecule has 2 heterocycles. The first-order valence-electron chi connectivity index (χ1n) is 10.5. The second kappa shape index (κ2) is 8.22. The van der Waals surface area contributed by atoms with Crippen LogP contribution in [0.1, 0.15) is 24.5 Å². The first-order valence-corrected chi connectivity index (χ1v) is 10.5. The van der Waals surface area contributed by atoms with Crippen LogP contribution in [-0.4, -0.2) is 33.8 Å². The van der Waals surface area contributed by atoms with Gasteiger partial charge in [-0.3, -0.25) is 0 Å². The molecule has 0 spiro atoms. The summed E-state index contributed by atoms with van der Waals surface area (Å²) in [6.07, 6.45) is 1.64. The van der Waals surface area contributed by atoms with E-state index in [4.69, 9.17) is 5.10 Å². The molecule has 5 nitrogen and oxygen atoms in total. The van der Waals surface area contributed by atoms with Crippen molar-refractivity contribution in [3.8, 4) is 5.69 Å². The highest BCUT2D eigenvalue weighted by molar-refractivity contribution is 5.89. The molecule has 1 saturated heterocycles. The van der Waals surface area contributed by atoms with Crippen molar-refractivity contribution in [2.45, 2.75) is 18.8 Å². The van der Waals surface area contributed by atoms with Gasteiger partial charge in [0.25, 0.3) is 0 Å². The molecule has 0 aliphatic carbocycles. The third-order valence-corrected chi connectivity index (χ3v) is 5.89. The third kappa shape index (κ3) is 3.77. The fourth-order valence-electron chi connectivity index (χ4n) is 4.28. The first kappa shape index (κ1) is 19.3. The van der Waals surface area contributed by atoms with E-state index in [1.807, 2.05) is 65.6 Å². The number of hydrogen-bond acceptors (Lipinski definition) is 2. The molecule has 1 aliphatic heterocycles. The number of nitrogens with one attached hydrogen (secondary N) is 1. The fraction of sp³-hybridized carbons (Fsp3) is 0.200. The second-order valence-corrected chi connectivity index (χ2v) is 7.82. The van der Waals surface area contributed by atoms with Crippen molar-refractivity contribution >= 4 is 22.6 Å². The molecule has 1 aliphatic rings. The molecule has 0 unspecified atom stereocenters. The second-order valence-electron chi connectivity index (χ2n) is 7.82. The fourth-order valence-corrected chi connectivity index (χ4v) is 4.28. The Morgan fingerprint density at radius 2 is 1.58 bits per heavy atom. The Hall–Kier alpha value is -3.67. The van der Waals surface area contributed by atoms with Gasteiger partial charge in [-0.05, 0) is 43.2 Å². The third-order valence-electron chi connectivity index (χ3n) is 5.89. The summed E-state index contributed by atoms with van der Waals surface area (Å²) in [5.74, 6) is -0.0756. The summed E-state index contributed by atoms with van der Waals surface area (Å²) >= 11 is 0. The monoisotopic (exact) mass is 414 g/mol. The van der Waals surface area contributed by atoms with Crippen molar-refractivity contribution in [2.75, 3.05) is 18.4 Å². The number of rotatable bonds is 3. The Labute approximate surface area is 180 Å². The van der Waals surface area contributed by atoms with Gasteiger partial charge in [0.1, 0.15) is 11.5 Å². The van der Waals surface area contributed by atoms with Gasteiger partial charge in [-0.2, -0.15) is 5.10 Å². The predicted molar refractivity (Wildman–Crippen MR) is 120 cm³/mol. The number of likely N-dealkylation sites (tertiary alicyclic amines) is 1. The summed E-state index contributed by atoms with van der Waals surface area (Å²) in [4.78, 5) is 14.4. The Kier molecular flexibility index (Phi) is 5.12. The average molecular weight is 414 g/mol. The number of aromatic nitrogens is 2. The maximum Gasteiger partial charge on any atom is 0.321 e. The molecule has 4 aromatic rings. The Morgan fingerprint density at radius 1 is 0.903 bits per heavy atom. The van der Waals surface area contributed by atoms with Crippen LogP contribution in [0.4, 0.5) is 14.9 Å². The van der Waals surface area contributed by atoms with Crippen LogP contribution in [0.2, 0.25) is 0 Å². The number of hydrogen-bond donors (Lipinski definition) is 1. The lowest BCUT2D eigenvalue weighted by Crippen LogP contribution is -2.40. The summed E-state index contributed by atoms with van der Waals surface area (Å²) in [6, 6.07) is 24.1. The number of urea groups is 1. The van der Waals surface area contributed by atoms with Gasteiger partial charge in [-0.15, -0.1) is 0 Å². The van der Waals surface area contributed by atoms with E-state index in [-0.39, 0.29) is 17.8 Å². The minimum absolute atomic E-state index is 0.0774. The number of piperidine rings is 1. The summed E-state index contributed by atoms with van der Waals surface area (Å²) in [7, 11) is 0. The molecule has 31 heavy (non-hydrogen) atoms. The maximum atomic E-state index is 14.5. The molecule has 6 heteroatoms. The molecule has 3 aromatic carbocycles. The van der Waals surface area contributed by atoms with E-state index in [0.29, 0.717) is 18.8 Å². The van der Waals surface area contributed by atoms with E-state index in [1.54, 1.807) is 16.8 Å². The Bertz CT molecular complexity index is 1210. The molecule has 1 aromatic heterocycles. The van der Waals surface area contributed by atoms with Crippen molar-refractivity contribution in [3.63, 3.8) is 0 Å². The van der Waals surface area contributed by atoms with Crippen LogP contribution >= 0.6 is 0 Å². The number of anilines is 1. The van der Waals surface area contributed by atoms with Crippen LogP contribution in [-0.2, 0) is 0 Å². The zero-order chi connectivity index (χ0) is 21.2. The quantitative estimate of drug-likeness (QED) is 0.476. The molecular weight excluding hydrogens is 391 g/mol. The van der Waals surface area contributed by atoms with Gasteiger partial charge in [0.15, 0.2) is 0 Å². The molecule has 2 amide bonds. The van der Waals surface area contributed by atoms with E-state index < -0.39 is 0 Å². The number of fused-ring (bicyclic) bond motifs is 1. The van der Waals surface area contributed by atoms with Gasteiger partial charge in [0, 0.05) is 30.1 Å². The van der Waals surface area contributed by atoms with Crippen LogP contribution in [0.15, 0.2) is 78.9 Å². The van der Waals surface area contributed by atoms with Gasteiger partial charge >= 0.3 is 6.03 Å². The smallest absolute Gasteiger partial charge is 0.321 e. The molecule has 0 saturated carbocycles. The van der Waals surface area contributed by atoms with Crippen molar-refractivity contribution in [1.82, 2.24) is 14.7 Å². The van der Waals surface area contributed by atoms with E-state index >= 15 is 0 Å². The van der Waals surface area contributed by atoms with Crippen LogP contribution in [0, 0.1) is 5.82 Å². The molecule has 0 atom stereocenters. The molecule has 1 fully saturated rings. The van der Waals surface area contributed by atoms with Crippen molar-refractivity contribution in [1.29, 1.82) is 0 Å². The van der Waals surface area contributed by atoms with Gasteiger partial charge in [0.05, 0.1) is 11.2 Å². The number of nitrogens with zero attached hydrogens (tertiary/aromatic N) is 3. The summed E-state index contributed by atoms with van der Waals surface area (Å²) in [5.41, 5.74) is 3.11. The standard InChI is InChI=1S/C25H23FN4O/c26-21-11-5-7-13-23(21)30-22-12-6-4-10-20(22)24(28-30)18-14-16-29(17-15-18)25(31)27-19-8-2-1-3-9-19/h1-13,18H,14-17H2,(H,27,31). The van der Waals surface area contributed by atoms with Gasteiger partial charge in [-0.1, -0.05) is 48.5 Å². The van der Waals surface area contributed by atoms with E-state index in [9.17, 15) is 9.18 Å². The van der Waals surface area contributed by atoms with Crippen LogP contribution in [0.25, 0.3) is 16.6 Å². The summed E-state index contributed by atoms with van der Waals surface area (Å²) < 4.78 is 16.2. The van der Waals surface area contributed by atoms with E-state index in [0.717, 1.165) is 35.1 Å². The molecule has 156 valence electrons. The van der Waals surface area contributed by atoms with Gasteiger partial charge in [0.2, 0.25) is 0 Å². The first-order chi connectivity index (χ1) is 15.2. The zero-order valence-corrected chi connectivity index (χ0v) is 17.0. The molecule has 1 N–H and O–H groups in total. The zero-order valence-electron chi connectivity index (χ0n) is 17.0. The highest BCUT2D eigenvalue weighted by atomic mass is 19.1. The minimum Gasteiger partial charge on any atom is -0.324 e. The number of carbonyl (C=O) groups excluding carboxylic acids is 1. The SMILES string of the molecule is O=C(Nc1ccccc1)N1CCC(c2nn(-c3ccccc3F)c3ccccc23)CC1. The average Bonchev–Trinajstić information content (AvgIpc) is 3.20. The maximum absolute atomic E-state index is 14.5. The highest BCUT2D eigenvalue weighted by Gasteiger charge is 2.27. The topological polar surface area (TPSA) is 50.2 Å². The minimum atomic E-state index is -0.297. The Morgan fingerprint density at radius 3 is 2.35 bits per heavy atom. The lowest BCUT2D eigenvalue weighted by Gasteiger charge is -2.31. The lowest BCUT2D eigenvalue weighted by atomic mass is 9.92. The molecular formula is C25H23FN4O. The molecule has 0 radical (unpaired) electrons. The number of carbonyl (C=O) groups is 1. The normalized spacial score (nSPS) is 14.7. The van der Waals surface area contributed by atoms with Crippen molar-refractivity contribution in [2.24, 2.45) is 0 Å². The molecule has 0 bridgehead atoms. The van der Waals surface area contributed by atoms with Gasteiger partial charge in [-0.25, -0.2) is 13.9 Å². The highest BCUT2D eigenvalue weighted by Crippen LogP contribution is 2.34. The van der Waals surface area contributed by atoms with Crippen LogP contribution < -0.4 is 5.32 Å². The van der Waals surface area contributed by atoms with E-state index in [1.165, 1.54) is 6.07 Å². The van der Waals surface area contributed by atoms with Crippen molar-refractivity contribution < 1.29 is 9.18 Å². The van der Waals surface area contributed by atoms with E-state index in [2.05, 4.69) is 5.32 Å². The molecule has 5 rings (SSSR count). The summed E-state index contributed by atoms with van der Waals surface area (Å²) in [6.45, 7) is 1.31. The van der Waals surface area contributed by atoms with Crippen LogP contribution in [0.5, 0.6) is 0 Å². The lowest BCUT2D eigenvalue weighted by molar-refractivity contribution is 0.194. The Balaban J connectivity index is 1.37. The number of halogens is 1. The summed E-state index contributed by atoms with van der Waals surface area (Å²) in [5, 5.41) is 8.83. The van der Waals surface area contributed by atoms with Crippen LogP contribution in [0.3, 0.4) is 0 Å².